The Kier molecular flexibility index (Phi) is 5.11. The van der Waals surface area contributed by atoms with E-state index in [0.717, 1.165) is 16.8 Å². The van der Waals surface area contributed by atoms with Crippen molar-refractivity contribution in [3.05, 3.63) is 83.7 Å². The molecule has 1 amide bonds. The Labute approximate surface area is 166 Å². The third-order valence-electron chi connectivity index (χ3n) is 4.42. The average molecular weight is 391 g/mol. The van der Waals surface area contributed by atoms with Gasteiger partial charge in [0.05, 0.1) is 18.2 Å². The zero-order chi connectivity index (χ0) is 20.2. The quantitative estimate of drug-likeness (QED) is 0.506. The lowest BCUT2D eigenvalue weighted by Crippen LogP contribution is -2.14. The smallest absolute Gasteiger partial charge is 0.259 e. The Morgan fingerprint density at radius 3 is 2.76 bits per heavy atom. The number of nitrogens with zero attached hydrogens (tertiary/aromatic N) is 1. The van der Waals surface area contributed by atoms with Gasteiger partial charge in [-0.3, -0.25) is 9.89 Å². The first kappa shape index (κ1) is 18.5. The fourth-order valence-electron chi connectivity index (χ4n) is 2.93. The van der Waals surface area contributed by atoms with Gasteiger partial charge in [0.15, 0.2) is 5.82 Å². The highest BCUT2D eigenvalue weighted by Crippen LogP contribution is 2.26. The van der Waals surface area contributed by atoms with Gasteiger partial charge in [-0.1, -0.05) is 24.3 Å². The number of rotatable bonds is 6. The van der Waals surface area contributed by atoms with Crippen molar-refractivity contribution in [2.75, 3.05) is 12.4 Å². The minimum absolute atomic E-state index is 0.0471. The van der Waals surface area contributed by atoms with Crippen LogP contribution in [-0.4, -0.2) is 23.2 Å². The van der Waals surface area contributed by atoms with Gasteiger partial charge < -0.3 is 14.8 Å². The van der Waals surface area contributed by atoms with Gasteiger partial charge in [0.1, 0.15) is 23.9 Å². The summed E-state index contributed by atoms with van der Waals surface area (Å²) in [6, 6.07) is 18.8. The molecule has 0 aliphatic carbocycles. The predicted octanol–water partition coefficient (Wildman–Crippen LogP) is 4.54. The van der Waals surface area contributed by atoms with Gasteiger partial charge in [0, 0.05) is 5.39 Å². The summed E-state index contributed by atoms with van der Waals surface area (Å²) in [4.78, 5) is 12.4. The summed E-state index contributed by atoms with van der Waals surface area (Å²) in [6.07, 6.45) is 0. The molecule has 0 bridgehead atoms. The van der Waals surface area contributed by atoms with Gasteiger partial charge >= 0.3 is 0 Å². The first-order valence-corrected chi connectivity index (χ1v) is 8.94. The first-order valence-electron chi connectivity index (χ1n) is 8.94. The van der Waals surface area contributed by atoms with Crippen LogP contribution in [0.3, 0.4) is 0 Å². The lowest BCUT2D eigenvalue weighted by molar-refractivity contribution is 0.102. The molecule has 29 heavy (non-hydrogen) atoms. The summed E-state index contributed by atoms with van der Waals surface area (Å²) >= 11 is 0. The molecule has 0 aliphatic rings. The Bertz CT molecular complexity index is 1170. The number of hydrogen-bond donors (Lipinski definition) is 2. The van der Waals surface area contributed by atoms with Crippen molar-refractivity contribution in [1.82, 2.24) is 10.2 Å². The van der Waals surface area contributed by atoms with Crippen molar-refractivity contribution in [2.45, 2.75) is 6.61 Å². The van der Waals surface area contributed by atoms with Crippen LogP contribution in [0, 0.1) is 5.82 Å². The number of nitrogens with one attached hydrogen (secondary N) is 2. The number of hydrogen-bond acceptors (Lipinski definition) is 4. The third-order valence-corrected chi connectivity index (χ3v) is 4.42. The number of anilines is 1. The highest BCUT2D eigenvalue weighted by molar-refractivity contribution is 6.08. The first-order chi connectivity index (χ1) is 14.1. The van der Waals surface area contributed by atoms with E-state index in [1.165, 1.54) is 18.2 Å². The number of H-pyrrole nitrogens is 1. The summed E-state index contributed by atoms with van der Waals surface area (Å²) in [7, 11) is 1.62. The highest BCUT2D eigenvalue weighted by atomic mass is 19.1. The zero-order valence-electron chi connectivity index (χ0n) is 15.6. The number of carbonyl (C=O) groups is 1. The van der Waals surface area contributed by atoms with E-state index in [4.69, 9.17) is 9.47 Å². The minimum atomic E-state index is -0.591. The second kappa shape index (κ2) is 8.02. The van der Waals surface area contributed by atoms with E-state index in [1.807, 2.05) is 36.4 Å². The molecule has 7 heteroatoms. The summed E-state index contributed by atoms with van der Waals surface area (Å²) in [5.41, 5.74) is 1.64. The van der Waals surface area contributed by atoms with Crippen molar-refractivity contribution in [2.24, 2.45) is 0 Å². The molecule has 1 heterocycles. The summed E-state index contributed by atoms with van der Waals surface area (Å²) in [5, 5.41) is 10.3. The number of benzene rings is 3. The van der Waals surface area contributed by atoms with Crippen LogP contribution < -0.4 is 14.8 Å². The largest absolute Gasteiger partial charge is 0.497 e. The van der Waals surface area contributed by atoms with E-state index in [9.17, 15) is 9.18 Å². The van der Waals surface area contributed by atoms with Crippen molar-refractivity contribution in [3.63, 3.8) is 0 Å². The number of halogens is 1. The van der Waals surface area contributed by atoms with Gasteiger partial charge in [-0.15, -0.1) is 0 Å². The number of ether oxygens (including phenoxy) is 2. The molecule has 0 aliphatic heterocycles. The Hall–Kier alpha value is -3.87. The maximum atomic E-state index is 13.8. The molecule has 146 valence electrons. The molecule has 0 fully saturated rings. The molecule has 3 aromatic carbocycles. The summed E-state index contributed by atoms with van der Waals surface area (Å²) in [6.45, 7) is 0.359. The van der Waals surface area contributed by atoms with Crippen LogP contribution in [0.1, 0.15) is 15.9 Å². The molecule has 6 nitrogen and oxygen atoms in total. The predicted molar refractivity (Wildman–Crippen MR) is 108 cm³/mol. The van der Waals surface area contributed by atoms with Crippen LogP contribution in [0.4, 0.5) is 10.2 Å². The molecule has 4 aromatic rings. The van der Waals surface area contributed by atoms with E-state index in [1.54, 1.807) is 19.2 Å². The van der Waals surface area contributed by atoms with E-state index in [2.05, 4.69) is 15.5 Å². The topological polar surface area (TPSA) is 76.2 Å². The van der Waals surface area contributed by atoms with E-state index in [-0.39, 0.29) is 5.56 Å². The van der Waals surface area contributed by atoms with Crippen LogP contribution >= 0.6 is 0 Å². The van der Waals surface area contributed by atoms with Gasteiger partial charge in [-0.05, 0) is 48.0 Å². The van der Waals surface area contributed by atoms with Gasteiger partial charge in [-0.2, -0.15) is 5.10 Å². The Balaban J connectivity index is 1.53. The zero-order valence-corrected chi connectivity index (χ0v) is 15.6. The molecule has 0 radical (unpaired) electrons. The van der Waals surface area contributed by atoms with Crippen molar-refractivity contribution in [1.29, 1.82) is 0 Å². The number of methoxy groups -OCH3 is 1. The van der Waals surface area contributed by atoms with Gasteiger partial charge in [0.25, 0.3) is 5.91 Å². The number of aromatic nitrogens is 2. The summed E-state index contributed by atoms with van der Waals surface area (Å²) in [5.74, 6) is 0.518. The third kappa shape index (κ3) is 4.03. The maximum absolute atomic E-state index is 13.8. The minimum Gasteiger partial charge on any atom is -0.497 e. The standard InChI is InChI=1S/C22H18FN3O3/c1-28-15-6-4-5-14(11-15)13-29-16-9-10-20-18(12-16)21(26-25-20)24-22(27)17-7-2-3-8-19(17)23/h2-12H,13H2,1H3,(H2,24,25,26,27). The molecule has 0 atom stereocenters. The molecular weight excluding hydrogens is 373 g/mol. The second-order valence-electron chi connectivity index (χ2n) is 6.35. The number of fused-ring (bicyclic) bond motifs is 1. The average Bonchev–Trinajstić information content (AvgIpc) is 3.14. The van der Waals surface area contributed by atoms with Crippen molar-refractivity contribution in [3.8, 4) is 11.5 Å². The molecule has 0 saturated heterocycles. The van der Waals surface area contributed by atoms with Crippen molar-refractivity contribution >= 4 is 22.6 Å². The van der Waals surface area contributed by atoms with Crippen LogP contribution in [0.5, 0.6) is 11.5 Å². The maximum Gasteiger partial charge on any atom is 0.259 e. The Morgan fingerprint density at radius 1 is 1.07 bits per heavy atom. The van der Waals surface area contributed by atoms with E-state index in [0.29, 0.717) is 23.6 Å². The lowest BCUT2D eigenvalue weighted by atomic mass is 10.2. The van der Waals surface area contributed by atoms with Crippen LogP contribution in [-0.2, 0) is 6.61 Å². The van der Waals surface area contributed by atoms with Gasteiger partial charge in [-0.25, -0.2) is 4.39 Å². The van der Waals surface area contributed by atoms with Crippen LogP contribution in [0.15, 0.2) is 66.7 Å². The second-order valence-corrected chi connectivity index (χ2v) is 6.35. The molecule has 0 spiro atoms. The SMILES string of the molecule is COc1cccc(COc2ccc3[nH]nc(NC(=O)c4ccccc4F)c3c2)c1. The van der Waals surface area contributed by atoms with E-state index < -0.39 is 11.7 Å². The molecular formula is C22H18FN3O3. The lowest BCUT2D eigenvalue weighted by Gasteiger charge is -2.08. The molecule has 0 unspecified atom stereocenters. The monoisotopic (exact) mass is 391 g/mol. The normalized spacial score (nSPS) is 10.7. The highest BCUT2D eigenvalue weighted by Gasteiger charge is 2.15. The molecule has 2 N–H and O–H groups in total. The van der Waals surface area contributed by atoms with E-state index >= 15 is 0 Å². The fraction of sp³-hybridized carbons (Fsp3) is 0.0909. The number of aromatic amines is 1. The molecule has 4 rings (SSSR count). The molecule has 1 aromatic heterocycles. The van der Waals surface area contributed by atoms with Crippen LogP contribution in [0.2, 0.25) is 0 Å². The molecule has 0 saturated carbocycles. The van der Waals surface area contributed by atoms with Crippen LogP contribution in [0.25, 0.3) is 10.9 Å². The number of carbonyl (C=O) groups excluding carboxylic acids is 1. The fourth-order valence-corrected chi connectivity index (χ4v) is 2.93. The Morgan fingerprint density at radius 2 is 1.93 bits per heavy atom. The van der Waals surface area contributed by atoms with Crippen molar-refractivity contribution < 1.29 is 18.7 Å². The van der Waals surface area contributed by atoms with Gasteiger partial charge in [0.2, 0.25) is 0 Å². The summed E-state index contributed by atoms with van der Waals surface area (Å²) < 4.78 is 24.9. The number of amides is 1.